The maximum absolute atomic E-state index is 4.78. The molecule has 1 aromatic carbocycles. The molecule has 0 saturated heterocycles. The fourth-order valence-electron chi connectivity index (χ4n) is 3.09. The predicted molar refractivity (Wildman–Crippen MR) is 88.1 cm³/mol. The van der Waals surface area contributed by atoms with Crippen LogP contribution >= 0.6 is 0 Å². The Bertz CT molecular complexity index is 622. The average molecular weight is 281 g/mol. The minimum Gasteiger partial charge on any atom is -0.326 e. The van der Waals surface area contributed by atoms with Crippen molar-refractivity contribution in [1.29, 1.82) is 0 Å². The van der Waals surface area contributed by atoms with Gasteiger partial charge in [0.2, 0.25) is 0 Å². The van der Waals surface area contributed by atoms with E-state index in [1.54, 1.807) is 0 Å². The summed E-state index contributed by atoms with van der Waals surface area (Å²) in [6.45, 7) is 4.00. The van der Waals surface area contributed by atoms with Gasteiger partial charge in [0, 0.05) is 24.5 Å². The first-order valence-corrected chi connectivity index (χ1v) is 7.75. The van der Waals surface area contributed by atoms with Crippen molar-refractivity contribution in [3.8, 4) is 0 Å². The van der Waals surface area contributed by atoms with Crippen LogP contribution in [0.4, 0.5) is 11.5 Å². The first kappa shape index (κ1) is 14.1. The van der Waals surface area contributed by atoms with Crippen molar-refractivity contribution in [1.82, 2.24) is 10.3 Å². The van der Waals surface area contributed by atoms with Crippen LogP contribution in [-0.4, -0.2) is 18.6 Å². The molecule has 0 unspecified atom stereocenters. The lowest BCUT2D eigenvalue weighted by Gasteiger charge is -2.25. The largest absolute Gasteiger partial charge is 0.326 e. The van der Waals surface area contributed by atoms with Crippen molar-refractivity contribution in [2.24, 2.45) is 0 Å². The highest BCUT2D eigenvalue weighted by atomic mass is 15.2. The number of aryl methyl sites for hydroxylation is 2. The van der Waals surface area contributed by atoms with E-state index >= 15 is 0 Å². The normalized spacial score (nSPS) is 14.7. The first-order valence-electron chi connectivity index (χ1n) is 7.75. The van der Waals surface area contributed by atoms with E-state index in [1.165, 1.54) is 36.1 Å². The zero-order valence-electron chi connectivity index (χ0n) is 12.9. The molecule has 0 spiro atoms. The van der Waals surface area contributed by atoms with Gasteiger partial charge >= 0.3 is 0 Å². The second-order valence-corrected chi connectivity index (χ2v) is 5.74. The Hall–Kier alpha value is -1.87. The second-order valence-electron chi connectivity index (χ2n) is 5.74. The number of rotatable bonds is 3. The van der Waals surface area contributed by atoms with Gasteiger partial charge in [-0.2, -0.15) is 0 Å². The van der Waals surface area contributed by atoms with Gasteiger partial charge in [-0.3, -0.25) is 0 Å². The summed E-state index contributed by atoms with van der Waals surface area (Å²) in [5, 5.41) is 3.23. The van der Waals surface area contributed by atoms with Crippen molar-refractivity contribution in [3.05, 3.63) is 53.2 Å². The van der Waals surface area contributed by atoms with Crippen LogP contribution in [0.3, 0.4) is 0 Å². The fourth-order valence-corrected chi connectivity index (χ4v) is 3.09. The molecular weight excluding hydrogens is 258 g/mol. The molecule has 1 aromatic heterocycles. The van der Waals surface area contributed by atoms with E-state index in [2.05, 4.69) is 53.5 Å². The summed E-state index contributed by atoms with van der Waals surface area (Å²) in [4.78, 5) is 7.16. The zero-order valence-corrected chi connectivity index (χ0v) is 12.9. The molecule has 2 aromatic rings. The molecule has 3 rings (SSSR count). The highest BCUT2D eigenvalue weighted by molar-refractivity contribution is 5.65. The predicted octanol–water partition coefficient (Wildman–Crippen LogP) is 3.58. The molecule has 0 atom stereocenters. The minimum atomic E-state index is 0.881. The molecule has 1 aliphatic heterocycles. The van der Waals surface area contributed by atoms with Gasteiger partial charge < -0.3 is 10.2 Å². The second kappa shape index (κ2) is 6.27. The third-order valence-corrected chi connectivity index (χ3v) is 4.02. The van der Waals surface area contributed by atoms with Gasteiger partial charge in [0.15, 0.2) is 0 Å². The van der Waals surface area contributed by atoms with E-state index < -0.39 is 0 Å². The lowest BCUT2D eigenvalue weighted by atomic mass is 10.1. The van der Waals surface area contributed by atoms with E-state index in [0.717, 1.165) is 24.6 Å². The van der Waals surface area contributed by atoms with Crippen LogP contribution in [0.2, 0.25) is 0 Å². The highest BCUT2D eigenvalue weighted by Crippen LogP contribution is 2.32. The van der Waals surface area contributed by atoms with E-state index in [4.69, 9.17) is 4.98 Å². The van der Waals surface area contributed by atoms with E-state index in [-0.39, 0.29) is 0 Å². The molecule has 0 aliphatic carbocycles. The summed E-state index contributed by atoms with van der Waals surface area (Å²) in [6.07, 6.45) is 3.64. The number of nitrogens with zero attached hydrogens (tertiary/aromatic N) is 2. The molecule has 0 radical (unpaired) electrons. The van der Waals surface area contributed by atoms with E-state index in [9.17, 15) is 0 Å². The topological polar surface area (TPSA) is 28.2 Å². The van der Waals surface area contributed by atoms with Gasteiger partial charge in [-0.25, -0.2) is 4.98 Å². The van der Waals surface area contributed by atoms with Crippen LogP contribution < -0.4 is 10.2 Å². The van der Waals surface area contributed by atoms with Crippen LogP contribution in [0.1, 0.15) is 29.7 Å². The molecule has 1 N–H and O–H groups in total. The van der Waals surface area contributed by atoms with Gasteiger partial charge in [0.25, 0.3) is 0 Å². The molecule has 0 bridgehead atoms. The standard InChI is InChI=1S/C18H23N3/c1-14-11-15(13-19-2)12-18(20-14)21-10-6-5-8-16-7-3-4-9-17(16)21/h3-4,7,9,11-12,19H,5-6,8,10,13H2,1-2H3. The number of pyridine rings is 1. The molecular formula is C18H23N3. The maximum atomic E-state index is 4.78. The molecule has 21 heavy (non-hydrogen) atoms. The molecule has 110 valence electrons. The highest BCUT2D eigenvalue weighted by Gasteiger charge is 2.17. The van der Waals surface area contributed by atoms with Crippen LogP contribution in [0.15, 0.2) is 36.4 Å². The molecule has 2 heterocycles. The van der Waals surface area contributed by atoms with Crippen LogP contribution in [0.25, 0.3) is 0 Å². The lowest BCUT2D eigenvalue weighted by Crippen LogP contribution is -2.20. The average Bonchev–Trinajstić information content (AvgIpc) is 2.69. The third kappa shape index (κ3) is 3.08. The number of hydrogen-bond donors (Lipinski definition) is 1. The van der Waals surface area contributed by atoms with Gasteiger partial charge in [0.05, 0.1) is 0 Å². The Kier molecular flexibility index (Phi) is 4.20. The summed E-state index contributed by atoms with van der Waals surface area (Å²) >= 11 is 0. The Labute approximate surface area is 127 Å². The van der Waals surface area contributed by atoms with Gasteiger partial charge in [0.1, 0.15) is 5.82 Å². The zero-order chi connectivity index (χ0) is 14.7. The Morgan fingerprint density at radius 1 is 1.19 bits per heavy atom. The van der Waals surface area contributed by atoms with Crippen molar-refractivity contribution in [3.63, 3.8) is 0 Å². The monoisotopic (exact) mass is 281 g/mol. The quantitative estimate of drug-likeness (QED) is 0.932. The number of hydrogen-bond acceptors (Lipinski definition) is 3. The molecule has 3 nitrogen and oxygen atoms in total. The van der Waals surface area contributed by atoms with Crippen LogP contribution in [-0.2, 0) is 13.0 Å². The summed E-state index contributed by atoms with van der Waals surface area (Å²) < 4.78 is 0. The summed E-state index contributed by atoms with van der Waals surface area (Å²) in [6, 6.07) is 13.1. The van der Waals surface area contributed by atoms with Crippen molar-refractivity contribution in [2.45, 2.75) is 32.7 Å². The lowest BCUT2D eigenvalue weighted by molar-refractivity contribution is 0.755. The minimum absolute atomic E-state index is 0.881. The third-order valence-electron chi connectivity index (χ3n) is 4.02. The summed E-state index contributed by atoms with van der Waals surface area (Å²) in [5.74, 6) is 1.08. The van der Waals surface area contributed by atoms with Crippen molar-refractivity contribution >= 4 is 11.5 Å². The molecule has 0 fully saturated rings. The Morgan fingerprint density at radius 2 is 2.05 bits per heavy atom. The number of nitrogens with one attached hydrogen (secondary N) is 1. The maximum Gasteiger partial charge on any atom is 0.133 e. The molecule has 0 amide bonds. The fraction of sp³-hybridized carbons (Fsp3) is 0.389. The SMILES string of the molecule is CNCc1cc(C)nc(N2CCCCc3ccccc32)c1. The molecule has 0 saturated carbocycles. The number of benzene rings is 1. The smallest absolute Gasteiger partial charge is 0.133 e. The van der Waals surface area contributed by atoms with E-state index in [1.807, 2.05) is 7.05 Å². The number of aromatic nitrogens is 1. The van der Waals surface area contributed by atoms with Gasteiger partial charge in [-0.1, -0.05) is 18.2 Å². The number of para-hydroxylation sites is 1. The van der Waals surface area contributed by atoms with Crippen molar-refractivity contribution < 1.29 is 0 Å². The van der Waals surface area contributed by atoms with Crippen LogP contribution in [0, 0.1) is 6.92 Å². The Balaban J connectivity index is 2.03. The number of fused-ring (bicyclic) bond motifs is 1. The summed E-state index contributed by atoms with van der Waals surface area (Å²) in [7, 11) is 1.98. The van der Waals surface area contributed by atoms with Gasteiger partial charge in [-0.05, 0) is 62.6 Å². The Morgan fingerprint density at radius 3 is 2.90 bits per heavy atom. The van der Waals surface area contributed by atoms with Crippen LogP contribution in [0.5, 0.6) is 0 Å². The molecule has 3 heteroatoms. The van der Waals surface area contributed by atoms with E-state index in [0.29, 0.717) is 0 Å². The van der Waals surface area contributed by atoms with Gasteiger partial charge in [-0.15, -0.1) is 0 Å². The van der Waals surface area contributed by atoms with Crippen molar-refractivity contribution in [2.75, 3.05) is 18.5 Å². The number of anilines is 2. The summed E-state index contributed by atoms with van der Waals surface area (Å²) in [5.41, 5.74) is 5.14. The first-order chi connectivity index (χ1) is 10.3. The molecule has 1 aliphatic rings.